The minimum absolute atomic E-state index is 0.102. The number of amides is 7. The highest BCUT2D eigenvalue weighted by Crippen LogP contribution is 2.40. The average Bonchev–Trinajstić information content (AvgIpc) is 2.88. The lowest BCUT2D eigenvalue weighted by Gasteiger charge is -2.49. The molecule has 2 heterocycles. The summed E-state index contributed by atoms with van der Waals surface area (Å²) in [5.74, 6) is -2.78. The SMILES string of the molecule is CCNC(=O)N(C)C(=O)NC(C(=O)NC1C(=O)N2C(C(=O)O)=C(COC(N)=O)CS[C@@H]12)c1ccc(Cl)cc1. The van der Waals surface area contributed by atoms with Crippen LogP contribution in [0.5, 0.6) is 0 Å². The smallest absolute Gasteiger partial charge is 0.404 e. The number of benzene rings is 1. The molecule has 0 aromatic heterocycles. The van der Waals surface area contributed by atoms with Crippen molar-refractivity contribution in [3.8, 4) is 0 Å². The van der Waals surface area contributed by atoms with Crippen molar-refractivity contribution < 1.29 is 38.6 Å². The number of halogens is 1. The molecule has 6 N–H and O–H groups in total. The summed E-state index contributed by atoms with van der Waals surface area (Å²) < 4.78 is 4.69. The van der Waals surface area contributed by atoms with Gasteiger partial charge >= 0.3 is 24.1 Å². The first kappa shape index (κ1) is 28.6. The number of nitrogens with two attached hydrogens (primary N) is 1. The fourth-order valence-electron chi connectivity index (χ4n) is 3.73. The summed E-state index contributed by atoms with van der Waals surface area (Å²) in [6, 6.07) is 2.02. The van der Waals surface area contributed by atoms with E-state index in [-0.39, 0.29) is 23.6 Å². The number of ether oxygens (including phenoxy) is 1. The van der Waals surface area contributed by atoms with Crippen LogP contribution in [0, 0.1) is 0 Å². The summed E-state index contributed by atoms with van der Waals surface area (Å²) >= 11 is 7.10. The Bertz CT molecular complexity index is 1190. The van der Waals surface area contributed by atoms with Crippen molar-refractivity contribution in [1.29, 1.82) is 0 Å². The number of rotatable bonds is 8. The molecule has 204 valence electrons. The van der Waals surface area contributed by atoms with E-state index in [0.29, 0.717) is 10.6 Å². The average molecular weight is 569 g/mol. The Morgan fingerprint density at radius 1 is 1.24 bits per heavy atom. The standard InChI is InChI=1S/C22H25ClN6O8S/c1-3-25-21(35)28(2)22(36)27-13(10-4-6-12(23)7-5-10)16(30)26-14-17(31)29-15(19(32)33)11(8-37-20(24)34)9-38-18(14)29/h4-7,13-14,18H,3,8-9H2,1-2H3,(H2,24,34)(H,25,35)(H,26,30)(H,27,36)(H,32,33)/t13?,14?,18-/m0/s1. The number of urea groups is 2. The molecule has 1 fully saturated rings. The Balaban J connectivity index is 1.80. The Kier molecular flexibility index (Phi) is 9.06. The molecule has 0 bridgehead atoms. The third-order valence-corrected chi connectivity index (χ3v) is 7.20. The van der Waals surface area contributed by atoms with E-state index in [1.807, 2.05) is 0 Å². The van der Waals surface area contributed by atoms with E-state index in [9.17, 15) is 33.9 Å². The molecule has 0 saturated carbocycles. The maximum absolute atomic E-state index is 13.3. The van der Waals surface area contributed by atoms with E-state index >= 15 is 0 Å². The number of aliphatic carboxylic acids is 1. The van der Waals surface area contributed by atoms with Gasteiger partial charge in [-0.2, -0.15) is 0 Å². The van der Waals surface area contributed by atoms with Crippen LogP contribution in [0.25, 0.3) is 0 Å². The lowest BCUT2D eigenvalue weighted by Crippen LogP contribution is -2.71. The Labute approximate surface area is 225 Å². The van der Waals surface area contributed by atoms with Gasteiger partial charge in [-0.15, -0.1) is 11.8 Å². The maximum Gasteiger partial charge on any atom is 0.404 e. The number of imide groups is 1. The number of carbonyl (C=O) groups excluding carboxylic acids is 5. The van der Waals surface area contributed by atoms with Gasteiger partial charge in [-0.25, -0.2) is 24.1 Å². The van der Waals surface area contributed by atoms with Crippen LogP contribution < -0.4 is 21.7 Å². The molecule has 3 rings (SSSR count). The number of hydrogen-bond donors (Lipinski definition) is 5. The zero-order valence-electron chi connectivity index (χ0n) is 20.2. The van der Waals surface area contributed by atoms with Gasteiger partial charge in [0.2, 0.25) is 5.91 Å². The number of nitrogens with zero attached hydrogens (tertiary/aromatic N) is 2. The molecule has 2 unspecified atom stereocenters. The van der Waals surface area contributed by atoms with Gasteiger partial charge in [0.05, 0.1) is 0 Å². The van der Waals surface area contributed by atoms with Gasteiger partial charge < -0.3 is 31.5 Å². The van der Waals surface area contributed by atoms with E-state index in [1.54, 1.807) is 6.92 Å². The molecule has 1 aromatic rings. The molecule has 3 atom stereocenters. The summed E-state index contributed by atoms with van der Waals surface area (Å²) in [5.41, 5.74) is 5.10. The topological polar surface area (TPSA) is 200 Å². The number of thioether (sulfide) groups is 1. The highest BCUT2D eigenvalue weighted by Gasteiger charge is 2.54. The zero-order chi connectivity index (χ0) is 28.1. The van der Waals surface area contributed by atoms with Crippen LogP contribution in [0.2, 0.25) is 5.02 Å². The fraction of sp³-hybridized carbons (Fsp3) is 0.364. The van der Waals surface area contributed by atoms with Crippen molar-refractivity contribution >= 4 is 59.3 Å². The number of β-lactam (4-membered cyclic amide) rings is 1. The van der Waals surface area contributed by atoms with E-state index in [1.165, 1.54) is 31.3 Å². The first-order valence-corrected chi connectivity index (χ1v) is 12.6. The molecular weight excluding hydrogens is 544 g/mol. The first-order valence-electron chi connectivity index (χ1n) is 11.2. The molecule has 0 aliphatic carbocycles. The molecule has 0 spiro atoms. The third-order valence-electron chi connectivity index (χ3n) is 5.61. The van der Waals surface area contributed by atoms with Gasteiger partial charge in [0.1, 0.15) is 29.8 Å². The lowest BCUT2D eigenvalue weighted by atomic mass is 10.0. The molecule has 38 heavy (non-hydrogen) atoms. The van der Waals surface area contributed by atoms with Crippen LogP contribution in [0.4, 0.5) is 14.4 Å². The number of fused-ring (bicyclic) bond motifs is 1. The van der Waals surface area contributed by atoms with Crippen LogP contribution in [0.1, 0.15) is 18.5 Å². The second-order valence-electron chi connectivity index (χ2n) is 8.09. The van der Waals surface area contributed by atoms with E-state index in [4.69, 9.17) is 17.3 Å². The summed E-state index contributed by atoms with van der Waals surface area (Å²) in [4.78, 5) is 75.5. The van der Waals surface area contributed by atoms with Crippen LogP contribution in [-0.2, 0) is 19.1 Å². The molecule has 7 amide bonds. The van der Waals surface area contributed by atoms with Crippen LogP contribution in [0.15, 0.2) is 35.5 Å². The van der Waals surface area contributed by atoms with Gasteiger partial charge in [-0.3, -0.25) is 14.5 Å². The molecular formula is C22H25ClN6O8S. The zero-order valence-corrected chi connectivity index (χ0v) is 21.8. The van der Waals surface area contributed by atoms with Gasteiger partial charge in [-0.05, 0) is 24.6 Å². The number of carbonyl (C=O) groups is 6. The van der Waals surface area contributed by atoms with Gasteiger partial charge in [0.15, 0.2) is 0 Å². The summed E-state index contributed by atoms with van der Waals surface area (Å²) in [7, 11) is 1.22. The number of carboxylic acids is 1. The molecule has 1 saturated heterocycles. The quantitative estimate of drug-likeness (QED) is 0.278. The Hall–Kier alpha value is -3.98. The second-order valence-corrected chi connectivity index (χ2v) is 9.63. The summed E-state index contributed by atoms with van der Waals surface area (Å²) in [5, 5.41) is 16.8. The molecule has 1 aromatic carbocycles. The van der Waals surface area contributed by atoms with Crippen molar-refractivity contribution in [2.24, 2.45) is 5.73 Å². The number of hydrogen-bond acceptors (Lipinski definition) is 8. The van der Waals surface area contributed by atoms with Gasteiger partial charge in [-0.1, -0.05) is 23.7 Å². The van der Waals surface area contributed by atoms with Crippen molar-refractivity contribution in [3.05, 3.63) is 46.1 Å². The van der Waals surface area contributed by atoms with E-state index in [0.717, 1.165) is 21.6 Å². The summed E-state index contributed by atoms with van der Waals surface area (Å²) in [6.07, 6.45) is -1.09. The maximum atomic E-state index is 13.3. The Morgan fingerprint density at radius 3 is 2.47 bits per heavy atom. The lowest BCUT2D eigenvalue weighted by molar-refractivity contribution is -0.151. The first-order chi connectivity index (χ1) is 18.0. The normalized spacial score (nSPS) is 18.9. The van der Waals surface area contributed by atoms with Crippen LogP contribution >= 0.6 is 23.4 Å². The molecule has 16 heteroatoms. The number of primary amides is 1. The summed E-state index contributed by atoms with van der Waals surface area (Å²) in [6.45, 7) is 1.55. The predicted molar refractivity (Wildman–Crippen MR) is 135 cm³/mol. The second kappa shape index (κ2) is 12.0. The van der Waals surface area contributed by atoms with Gasteiger partial charge in [0.25, 0.3) is 5.91 Å². The third kappa shape index (κ3) is 6.11. The number of carboxylic acid groups (broad SMARTS) is 1. The fourth-order valence-corrected chi connectivity index (χ4v) is 5.18. The van der Waals surface area contributed by atoms with Crippen molar-refractivity contribution in [2.45, 2.75) is 24.4 Å². The van der Waals surface area contributed by atoms with Gasteiger partial charge in [0, 0.05) is 29.9 Å². The van der Waals surface area contributed by atoms with E-state index in [2.05, 4.69) is 20.7 Å². The molecule has 0 radical (unpaired) electrons. The van der Waals surface area contributed by atoms with Crippen molar-refractivity contribution in [2.75, 3.05) is 26.0 Å². The monoisotopic (exact) mass is 568 g/mol. The highest BCUT2D eigenvalue weighted by atomic mass is 35.5. The van der Waals surface area contributed by atoms with E-state index < -0.39 is 60.0 Å². The van der Waals surface area contributed by atoms with Crippen molar-refractivity contribution in [1.82, 2.24) is 25.8 Å². The van der Waals surface area contributed by atoms with Crippen molar-refractivity contribution in [3.63, 3.8) is 0 Å². The molecule has 2 aliphatic rings. The molecule has 2 aliphatic heterocycles. The van der Waals surface area contributed by atoms with Crippen LogP contribution in [-0.4, -0.2) is 88.2 Å². The highest BCUT2D eigenvalue weighted by molar-refractivity contribution is 8.00. The number of nitrogens with one attached hydrogen (secondary N) is 3. The Morgan fingerprint density at radius 2 is 1.89 bits per heavy atom. The minimum atomic E-state index is -1.41. The minimum Gasteiger partial charge on any atom is -0.477 e. The predicted octanol–water partition coefficient (Wildman–Crippen LogP) is 0.586. The molecule has 14 nitrogen and oxygen atoms in total. The van der Waals surface area contributed by atoms with Crippen LogP contribution in [0.3, 0.4) is 0 Å². The largest absolute Gasteiger partial charge is 0.477 e.